The Labute approximate surface area is 122 Å². The fourth-order valence-corrected chi connectivity index (χ4v) is 1.53. The summed E-state index contributed by atoms with van der Waals surface area (Å²) in [6, 6.07) is 5.70. The summed E-state index contributed by atoms with van der Waals surface area (Å²) in [7, 11) is -3.68. The normalized spacial score (nSPS) is 9.80. The molecule has 1 rings (SSSR count). The van der Waals surface area contributed by atoms with E-state index in [0.29, 0.717) is 5.69 Å². The number of benzene rings is 1. The second kappa shape index (κ2) is 10.4. The molecule has 0 radical (unpaired) electrons. The molecule has 0 unspecified atom stereocenters. The molecule has 0 heterocycles. The minimum Gasteiger partial charge on any atom is -0.326 e. The highest BCUT2D eigenvalue weighted by Crippen LogP contribution is 2.13. The molecular weight excluding hydrogens is 276 g/mol. The third-order valence-corrected chi connectivity index (χ3v) is 2.90. The first kappa shape index (κ1) is 20.9. The first-order chi connectivity index (χ1) is 9.30. The van der Waals surface area contributed by atoms with Crippen LogP contribution in [0, 0.1) is 5.92 Å². The Morgan fingerprint density at radius 1 is 1.05 bits per heavy atom. The van der Waals surface area contributed by atoms with Crippen LogP contribution in [0.5, 0.6) is 0 Å². The maximum atomic E-state index is 11.3. The number of carbonyl (C=O) groups is 1. The van der Waals surface area contributed by atoms with Crippen LogP contribution in [0.4, 0.5) is 5.69 Å². The van der Waals surface area contributed by atoms with Crippen LogP contribution >= 0.6 is 0 Å². The number of nitrogens with two attached hydrogens (primary N) is 1. The van der Waals surface area contributed by atoms with Gasteiger partial charge in [0.15, 0.2) is 0 Å². The lowest BCUT2D eigenvalue weighted by atomic mass is 10.2. The minimum absolute atomic E-state index is 0.0232. The molecule has 3 N–H and O–H groups in total. The molecule has 0 atom stereocenters. The number of primary sulfonamides is 1. The van der Waals surface area contributed by atoms with Crippen LogP contribution in [0.2, 0.25) is 0 Å². The fraction of sp³-hybridized carbons (Fsp3) is 0.500. The Balaban J connectivity index is 0. The summed E-state index contributed by atoms with van der Waals surface area (Å²) in [5, 5.41) is 7.59. The van der Waals surface area contributed by atoms with E-state index in [-0.39, 0.29) is 16.7 Å². The number of rotatable bonds is 3. The summed E-state index contributed by atoms with van der Waals surface area (Å²) < 4.78 is 21.9. The number of hydrogen-bond acceptors (Lipinski definition) is 3. The standard InChI is InChI=1S/C10H14N2O3S.2C2H6/c1-7(2)10(13)12-8-3-5-9(6-4-8)16(11,14)15;2*1-2/h3-7H,1-2H3,(H,12,13)(H2,11,14,15);2*1-2H3. The summed E-state index contributed by atoms with van der Waals surface area (Å²) in [4.78, 5) is 11.4. The van der Waals surface area contributed by atoms with Crippen molar-refractivity contribution in [1.29, 1.82) is 0 Å². The van der Waals surface area contributed by atoms with Crippen LogP contribution in [-0.2, 0) is 14.8 Å². The molecule has 0 aliphatic carbocycles. The molecule has 116 valence electrons. The molecule has 1 amide bonds. The van der Waals surface area contributed by atoms with Gasteiger partial charge >= 0.3 is 0 Å². The zero-order valence-corrected chi connectivity index (χ0v) is 13.9. The van der Waals surface area contributed by atoms with Gasteiger partial charge in [-0.25, -0.2) is 13.6 Å². The molecule has 0 saturated carbocycles. The highest BCUT2D eigenvalue weighted by molar-refractivity contribution is 7.89. The average molecular weight is 302 g/mol. The van der Waals surface area contributed by atoms with Gasteiger partial charge in [-0.3, -0.25) is 4.79 Å². The summed E-state index contributed by atoms with van der Waals surface area (Å²) >= 11 is 0. The van der Waals surface area contributed by atoms with Gasteiger partial charge in [-0.05, 0) is 24.3 Å². The molecule has 0 spiro atoms. The predicted octanol–water partition coefficient (Wildman–Crippen LogP) is 2.98. The smallest absolute Gasteiger partial charge is 0.238 e. The Kier molecular flexibility index (Phi) is 10.9. The van der Waals surface area contributed by atoms with E-state index in [2.05, 4.69) is 5.32 Å². The van der Waals surface area contributed by atoms with Gasteiger partial charge in [0.25, 0.3) is 0 Å². The predicted molar refractivity (Wildman–Crippen MR) is 84.0 cm³/mol. The Morgan fingerprint density at radius 2 is 1.45 bits per heavy atom. The van der Waals surface area contributed by atoms with Crippen LogP contribution in [-0.4, -0.2) is 14.3 Å². The Bertz CT molecular complexity index is 480. The van der Waals surface area contributed by atoms with E-state index in [1.165, 1.54) is 24.3 Å². The molecule has 1 aromatic carbocycles. The van der Waals surface area contributed by atoms with Crippen molar-refractivity contribution in [3.05, 3.63) is 24.3 Å². The Morgan fingerprint density at radius 3 is 1.75 bits per heavy atom. The highest BCUT2D eigenvalue weighted by Gasteiger charge is 2.09. The van der Waals surface area contributed by atoms with Gasteiger partial charge in [0.1, 0.15) is 0 Å². The van der Waals surface area contributed by atoms with E-state index in [4.69, 9.17) is 5.14 Å². The molecule has 20 heavy (non-hydrogen) atoms. The molecule has 0 fully saturated rings. The van der Waals surface area contributed by atoms with Crippen molar-refractivity contribution in [2.45, 2.75) is 46.4 Å². The number of anilines is 1. The van der Waals surface area contributed by atoms with Gasteiger partial charge in [0.2, 0.25) is 15.9 Å². The van der Waals surface area contributed by atoms with Crippen molar-refractivity contribution < 1.29 is 13.2 Å². The first-order valence-electron chi connectivity index (χ1n) is 6.74. The molecule has 0 bridgehead atoms. The number of hydrogen-bond donors (Lipinski definition) is 2. The van der Waals surface area contributed by atoms with Crippen LogP contribution in [0.3, 0.4) is 0 Å². The Hall–Kier alpha value is -1.40. The summed E-state index contributed by atoms with van der Waals surface area (Å²) in [5.74, 6) is -0.249. The van der Waals surface area contributed by atoms with Gasteiger partial charge in [-0.15, -0.1) is 0 Å². The van der Waals surface area contributed by atoms with Crippen molar-refractivity contribution in [2.24, 2.45) is 11.1 Å². The highest BCUT2D eigenvalue weighted by atomic mass is 32.2. The quantitative estimate of drug-likeness (QED) is 0.899. The van der Waals surface area contributed by atoms with Crippen molar-refractivity contribution in [3.63, 3.8) is 0 Å². The van der Waals surface area contributed by atoms with Crippen LogP contribution < -0.4 is 10.5 Å². The van der Waals surface area contributed by atoms with Crippen molar-refractivity contribution in [2.75, 3.05) is 5.32 Å². The van der Waals surface area contributed by atoms with E-state index in [1.807, 2.05) is 27.7 Å². The zero-order valence-electron chi connectivity index (χ0n) is 13.1. The second-order valence-electron chi connectivity index (χ2n) is 3.71. The maximum absolute atomic E-state index is 11.3. The van der Waals surface area contributed by atoms with Gasteiger partial charge in [-0.2, -0.15) is 0 Å². The molecule has 5 nitrogen and oxygen atoms in total. The molecular formula is C14H26N2O3S. The van der Waals surface area contributed by atoms with E-state index < -0.39 is 10.0 Å². The fourth-order valence-electron chi connectivity index (χ4n) is 1.01. The lowest BCUT2D eigenvalue weighted by molar-refractivity contribution is -0.118. The van der Waals surface area contributed by atoms with Crippen LogP contribution in [0.15, 0.2) is 29.2 Å². The number of carbonyl (C=O) groups excluding carboxylic acids is 1. The largest absolute Gasteiger partial charge is 0.326 e. The second-order valence-corrected chi connectivity index (χ2v) is 5.27. The number of amides is 1. The summed E-state index contributed by atoms with van der Waals surface area (Å²) in [6.07, 6.45) is 0. The van der Waals surface area contributed by atoms with Crippen LogP contribution in [0.25, 0.3) is 0 Å². The van der Waals surface area contributed by atoms with Gasteiger partial charge < -0.3 is 5.32 Å². The molecule has 1 aromatic rings. The molecule has 0 aliphatic rings. The van der Waals surface area contributed by atoms with E-state index in [0.717, 1.165) is 0 Å². The minimum atomic E-state index is -3.68. The molecule has 0 aromatic heterocycles. The first-order valence-corrected chi connectivity index (χ1v) is 8.29. The summed E-state index contributed by atoms with van der Waals surface area (Å²) in [6.45, 7) is 11.5. The van der Waals surface area contributed by atoms with Crippen molar-refractivity contribution in [3.8, 4) is 0 Å². The molecule has 0 aliphatic heterocycles. The van der Waals surface area contributed by atoms with Gasteiger partial charge in [-0.1, -0.05) is 41.5 Å². The topological polar surface area (TPSA) is 89.3 Å². The van der Waals surface area contributed by atoms with Gasteiger partial charge in [0, 0.05) is 11.6 Å². The van der Waals surface area contributed by atoms with E-state index in [1.54, 1.807) is 13.8 Å². The lowest BCUT2D eigenvalue weighted by Gasteiger charge is -2.07. The maximum Gasteiger partial charge on any atom is 0.238 e. The third-order valence-electron chi connectivity index (χ3n) is 1.97. The average Bonchev–Trinajstić information content (AvgIpc) is 2.42. The number of sulfonamides is 1. The number of nitrogens with one attached hydrogen (secondary N) is 1. The van der Waals surface area contributed by atoms with Crippen molar-refractivity contribution in [1.82, 2.24) is 0 Å². The third kappa shape index (κ3) is 7.91. The van der Waals surface area contributed by atoms with Crippen LogP contribution in [0.1, 0.15) is 41.5 Å². The monoisotopic (exact) mass is 302 g/mol. The lowest BCUT2D eigenvalue weighted by Crippen LogP contribution is -2.18. The zero-order chi connectivity index (χ0) is 16.3. The van der Waals surface area contributed by atoms with Crippen molar-refractivity contribution >= 4 is 21.6 Å². The van der Waals surface area contributed by atoms with E-state index in [9.17, 15) is 13.2 Å². The SMILES string of the molecule is CC.CC.CC(C)C(=O)Nc1ccc(S(N)(=O)=O)cc1. The summed E-state index contributed by atoms with van der Waals surface area (Å²) in [5.41, 5.74) is 0.547. The molecule has 6 heteroatoms. The van der Waals surface area contributed by atoms with Gasteiger partial charge in [0.05, 0.1) is 4.90 Å². The van der Waals surface area contributed by atoms with E-state index >= 15 is 0 Å². The molecule has 0 saturated heterocycles.